The van der Waals surface area contributed by atoms with Crippen LogP contribution in [0.5, 0.6) is 0 Å². The summed E-state index contributed by atoms with van der Waals surface area (Å²) in [6.07, 6.45) is 1.86. The summed E-state index contributed by atoms with van der Waals surface area (Å²) in [6.45, 7) is 1.79. The highest BCUT2D eigenvalue weighted by Crippen LogP contribution is 2.17. The van der Waals surface area contributed by atoms with Crippen LogP contribution >= 0.6 is 15.9 Å². The van der Waals surface area contributed by atoms with Crippen LogP contribution in [0, 0.1) is 12.7 Å². The van der Waals surface area contributed by atoms with Crippen LogP contribution in [0.2, 0.25) is 0 Å². The summed E-state index contributed by atoms with van der Waals surface area (Å²) >= 11 is 3.21. The maximum absolute atomic E-state index is 13.2. The Morgan fingerprint density at radius 2 is 2.17 bits per heavy atom. The van der Waals surface area contributed by atoms with Crippen molar-refractivity contribution in [3.63, 3.8) is 0 Å². The standard InChI is InChI=1S/C13H12BrFN2O/c1-8-12(7-17(2)16-8)13(18)5-9-3-10(14)6-11(15)4-9/h3-4,6-7H,5H2,1-2H3. The van der Waals surface area contributed by atoms with Crippen molar-refractivity contribution in [3.8, 4) is 0 Å². The molecule has 0 amide bonds. The summed E-state index contributed by atoms with van der Waals surface area (Å²) in [5.74, 6) is -0.409. The van der Waals surface area contributed by atoms with Crippen LogP contribution in [0.4, 0.5) is 4.39 Å². The first-order valence-corrected chi connectivity index (χ1v) is 6.23. The van der Waals surface area contributed by atoms with E-state index in [1.165, 1.54) is 12.1 Å². The molecule has 0 radical (unpaired) electrons. The van der Waals surface area contributed by atoms with Gasteiger partial charge >= 0.3 is 0 Å². The van der Waals surface area contributed by atoms with Gasteiger partial charge in [-0.15, -0.1) is 0 Å². The second kappa shape index (κ2) is 5.02. The lowest BCUT2D eigenvalue weighted by molar-refractivity contribution is 0.0992. The van der Waals surface area contributed by atoms with Gasteiger partial charge in [0.15, 0.2) is 5.78 Å². The minimum Gasteiger partial charge on any atom is -0.294 e. The molecule has 0 bridgehead atoms. The number of aryl methyl sites for hydroxylation is 2. The van der Waals surface area contributed by atoms with Crippen molar-refractivity contribution in [2.75, 3.05) is 0 Å². The molecule has 94 valence electrons. The van der Waals surface area contributed by atoms with Crippen molar-refractivity contribution < 1.29 is 9.18 Å². The topological polar surface area (TPSA) is 34.9 Å². The summed E-state index contributed by atoms with van der Waals surface area (Å²) < 4.78 is 15.4. The van der Waals surface area contributed by atoms with Crippen molar-refractivity contribution in [2.24, 2.45) is 7.05 Å². The maximum atomic E-state index is 13.2. The molecule has 0 aliphatic carbocycles. The van der Waals surface area contributed by atoms with E-state index in [4.69, 9.17) is 0 Å². The number of hydrogen-bond donors (Lipinski definition) is 0. The molecular weight excluding hydrogens is 299 g/mol. The quantitative estimate of drug-likeness (QED) is 0.817. The molecule has 0 aliphatic heterocycles. The van der Waals surface area contributed by atoms with E-state index < -0.39 is 0 Å². The van der Waals surface area contributed by atoms with Crippen molar-refractivity contribution in [3.05, 3.63) is 51.5 Å². The Morgan fingerprint density at radius 1 is 1.44 bits per heavy atom. The highest BCUT2D eigenvalue weighted by molar-refractivity contribution is 9.10. The fourth-order valence-corrected chi connectivity index (χ4v) is 2.38. The number of rotatable bonds is 3. The summed E-state index contributed by atoms with van der Waals surface area (Å²) in [5, 5.41) is 4.12. The Labute approximate surface area is 113 Å². The molecule has 0 N–H and O–H groups in total. The smallest absolute Gasteiger partial charge is 0.170 e. The van der Waals surface area contributed by atoms with Gasteiger partial charge in [0.25, 0.3) is 0 Å². The maximum Gasteiger partial charge on any atom is 0.170 e. The lowest BCUT2D eigenvalue weighted by Crippen LogP contribution is -2.04. The van der Waals surface area contributed by atoms with Gasteiger partial charge in [0.1, 0.15) is 5.82 Å². The molecule has 0 spiro atoms. The lowest BCUT2D eigenvalue weighted by Gasteiger charge is -2.02. The second-order valence-electron chi connectivity index (χ2n) is 4.18. The van der Waals surface area contributed by atoms with Crippen molar-refractivity contribution in [2.45, 2.75) is 13.3 Å². The molecule has 2 rings (SSSR count). The molecule has 1 aromatic heterocycles. The highest BCUT2D eigenvalue weighted by Gasteiger charge is 2.13. The largest absolute Gasteiger partial charge is 0.294 e. The molecule has 18 heavy (non-hydrogen) atoms. The first-order valence-electron chi connectivity index (χ1n) is 5.44. The number of halogens is 2. The molecule has 1 aromatic carbocycles. The number of hydrogen-bond acceptors (Lipinski definition) is 2. The normalized spacial score (nSPS) is 10.7. The van der Waals surface area contributed by atoms with Gasteiger partial charge in [-0.05, 0) is 30.7 Å². The molecule has 0 unspecified atom stereocenters. The first kappa shape index (κ1) is 13.0. The SMILES string of the molecule is Cc1nn(C)cc1C(=O)Cc1cc(F)cc(Br)c1. The highest BCUT2D eigenvalue weighted by atomic mass is 79.9. The van der Waals surface area contributed by atoms with E-state index in [-0.39, 0.29) is 18.0 Å². The molecule has 0 saturated carbocycles. The van der Waals surface area contributed by atoms with Crippen LogP contribution < -0.4 is 0 Å². The number of ketones is 1. The van der Waals surface area contributed by atoms with Gasteiger partial charge in [-0.25, -0.2) is 4.39 Å². The summed E-state index contributed by atoms with van der Waals surface area (Å²) in [7, 11) is 1.77. The first-order chi connectivity index (χ1) is 8.45. The van der Waals surface area contributed by atoms with Gasteiger partial charge in [0, 0.05) is 24.1 Å². The molecule has 5 heteroatoms. The van der Waals surface area contributed by atoms with E-state index in [9.17, 15) is 9.18 Å². The number of Topliss-reactive ketones (excluding diaryl/α,β-unsaturated/α-hetero) is 1. The van der Waals surface area contributed by atoms with Gasteiger partial charge in [0.2, 0.25) is 0 Å². The van der Waals surface area contributed by atoms with Crippen LogP contribution in [0.1, 0.15) is 21.6 Å². The molecule has 2 aromatic rings. The molecule has 0 fully saturated rings. The number of nitrogens with zero attached hydrogens (tertiary/aromatic N) is 2. The monoisotopic (exact) mass is 310 g/mol. The van der Waals surface area contributed by atoms with Crippen LogP contribution in [0.3, 0.4) is 0 Å². The van der Waals surface area contributed by atoms with Crippen LogP contribution in [-0.4, -0.2) is 15.6 Å². The number of carbonyl (C=O) groups excluding carboxylic acids is 1. The number of benzene rings is 1. The Kier molecular flexibility index (Phi) is 3.61. The number of aromatic nitrogens is 2. The Hall–Kier alpha value is -1.49. The van der Waals surface area contributed by atoms with E-state index in [0.29, 0.717) is 21.3 Å². The molecule has 1 heterocycles. The van der Waals surface area contributed by atoms with Crippen molar-refractivity contribution in [1.29, 1.82) is 0 Å². The van der Waals surface area contributed by atoms with E-state index in [0.717, 1.165) is 0 Å². The third kappa shape index (κ3) is 2.85. The van der Waals surface area contributed by atoms with E-state index in [1.807, 2.05) is 0 Å². The number of carbonyl (C=O) groups is 1. The van der Waals surface area contributed by atoms with E-state index in [2.05, 4.69) is 21.0 Å². The predicted octanol–water partition coefficient (Wildman–Crippen LogP) is 3.06. The van der Waals surface area contributed by atoms with Gasteiger partial charge in [-0.1, -0.05) is 15.9 Å². The van der Waals surface area contributed by atoms with Crippen LogP contribution in [0.15, 0.2) is 28.9 Å². The van der Waals surface area contributed by atoms with Crippen LogP contribution in [0.25, 0.3) is 0 Å². The molecule has 0 atom stereocenters. The third-order valence-electron chi connectivity index (χ3n) is 2.60. The minimum absolute atomic E-state index is 0.0573. The molecule has 0 aliphatic rings. The molecule has 0 saturated heterocycles. The zero-order valence-electron chi connectivity index (χ0n) is 10.1. The Morgan fingerprint density at radius 3 is 2.72 bits per heavy atom. The lowest BCUT2D eigenvalue weighted by atomic mass is 10.0. The summed E-state index contributed by atoms with van der Waals surface area (Å²) in [5.41, 5.74) is 1.92. The molecule has 3 nitrogen and oxygen atoms in total. The van der Waals surface area contributed by atoms with Crippen LogP contribution in [-0.2, 0) is 13.5 Å². The van der Waals surface area contributed by atoms with Gasteiger partial charge < -0.3 is 0 Å². The minimum atomic E-state index is -0.352. The third-order valence-corrected chi connectivity index (χ3v) is 3.06. The zero-order valence-corrected chi connectivity index (χ0v) is 11.7. The predicted molar refractivity (Wildman–Crippen MR) is 70.1 cm³/mol. The van der Waals surface area contributed by atoms with Gasteiger partial charge in [-0.3, -0.25) is 9.48 Å². The van der Waals surface area contributed by atoms with E-state index in [1.54, 1.807) is 30.9 Å². The van der Waals surface area contributed by atoms with Gasteiger partial charge in [-0.2, -0.15) is 5.10 Å². The summed E-state index contributed by atoms with van der Waals surface area (Å²) in [4.78, 5) is 12.1. The average Bonchev–Trinajstić information content (AvgIpc) is 2.56. The Balaban J connectivity index is 2.23. The molecular formula is C13H12BrFN2O. The fourth-order valence-electron chi connectivity index (χ4n) is 1.87. The van der Waals surface area contributed by atoms with Crippen molar-refractivity contribution in [1.82, 2.24) is 9.78 Å². The average molecular weight is 311 g/mol. The van der Waals surface area contributed by atoms with E-state index >= 15 is 0 Å². The fraction of sp³-hybridized carbons (Fsp3) is 0.231. The summed E-state index contributed by atoms with van der Waals surface area (Å²) in [6, 6.07) is 4.48. The zero-order chi connectivity index (χ0) is 13.3. The Bertz CT molecular complexity index is 587. The second-order valence-corrected chi connectivity index (χ2v) is 5.10. The van der Waals surface area contributed by atoms with Crippen molar-refractivity contribution >= 4 is 21.7 Å². The van der Waals surface area contributed by atoms with Gasteiger partial charge in [0.05, 0.1) is 11.3 Å².